The van der Waals surface area contributed by atoms with Crippen LogP contribution in [-0.2, 0) is 4.79 Å². The first-order chi connectivity index (χ1) is 12.6. The van der Waals surface area contributed by atoms with E-state index in [1.807, 2.05) is 12.1 Å². The third kappa shape index (κ3) is 3.43. The van der Waals surface area contributed by atoms with Gasteiger partial charge in [0.15, 0.2) is 0 Å². The monoisotopic (exact) mass is 349 g/mol. The van der Waals surface area contributed by atoms with E-state index in [4.69, 9.17) is 0 Å². The van der Waals surface area contributed by atoms with Crippen molar-refractivity contribution in [1.82, 2.24) is 0 Å². The predicted molar refractivity (Wildman–Crippen MR) is 104 cm³/mol. The number of rotatable bonds is 4. The number of fused-ring (bicyclic) bond motifs is 2. The van der Waals surface area contributed by atoms with Gasteiger partial charge in [0.05, 0.1) is 0 Å². The molecule has 134 valence electrons. The maximum Gasteiger partial charge on any atom is 0.255 e. The lowest BCUT2D eigenvalue weighted by molar-refractivity contribution is -0.114. The van der Waals surface area contributed by atoms with Gasteiger partial charge in [-0.2, -0.15) is 0 Å². The van der Waals surface area contributed by atoms with Crippen LogP contribution in [0.3, 0.4) is 0 Å². The lowest BCUT2D eigenvalue weighted by Gasteiger charge is -2.29. The molecule has 2 N–H and O–H groups in total. The summed E-state index contributed by atoms with van der Waals surface area (Å²) < 4.78 is 0. The van der Waals surface area contributed by atoms with Crippen LogP contribution in [0.25, 0.3) is 0 Å². The van der Waals surface area contributed by atoms with Crippen LogP contribution in [0.2, 0.25) is 0 Å². The number of hydrogen-bond donors (Lipinski definition) is 2. The van der Waals surface area contributed by atoms with Crippen LogP contribution in [-0.4, -0.2) is 24.4 Å². The number of amides is 2. The number of carbonyl (C=O) groups excluding carboxylic acids is 2. The summed E-state index contributed by atoms with van der Waals surface area (Å²) in [6.45, 7) is 2.62. The highest BCUT2D eigenvalue weighted by Gasteiger charge is 2.37. The summed E-state index contributed by atoms with van der Waals surface area (Å²) in [7, 11) is 0. The first-order valence-electron chi connectivity index (χ1n) is 9.14. The van der Waals surface area contributed by atoms with Gasteiger partial charge in [0.25, 0.3) is 5.91 Å². The first kappa shape index (κ1) is 16.6. The van der Waals surface area contributed by atoms with Crippen molar-refractivity contribution in [2.24, 2.45) is 5.92 Å². The Morgan fingerprint density at radius 3 is 2.15 bits per heavy atom. The molecule has 2 atom stereocenters. The fourth-order valence-corrected chi connectivity index (χ4v) is 4.09. The molecular weight excluding hydrogens is 326 g/mol. The molecule has 1 aliphatic heterocycles. The van der Waals surface area contributed by atoms with Crippen LogP contribution >= 0.6 is 0 Å². The Bertz CT molecular complexity index is 814. The number of anilines is 3. The van der Waals surface area contributed by atoms with Crippen molar-refractivity contribution >= 4 is 28.9 Å². The Balaban J connectivity index is 1.39. The zero-order valence-corrected chi connectivity index (χ0v) is 14.9. The third-order valence-electron chi connectivity index (χ3n) is 5.33. The van der Waals surface area contributed by atoms with Gasteiger partial charge in [0, 0.05) is 42.1 Å². The molecular formula is C21H23N3O2. The van der Waals surface area contributed by atoms with Crippen molar-refractivity contribution in [2.75, 3.05) is 22.1 Å². The van der Waals surface area contributed by atoms with E-state index >= 15 is 0 Å². The zero-order chi connectivity index (χ0) is 18.1. The topological polar surface area (TPSA) is 61.4 Å². The first-order valence-corrected chi connectivity index (χ1v) is 9.14. The molecule has 0 aromatic heterocycles. The molecule has 4 rings (SSSR count). The molecule has 2 aromatic rings. The Labute approximate surface area is 153 Å². The summed E-state index contributed by atoms with van der Waals surface area (Å²) in [6.07, 6.45) is 4.00. The normalized spacial score (nSPS) is 20.9. The maximum atomic E-state index is 12.4. The molecule has 5 nitrogen and oxygen atoms in total. The summed E-state index contributed by atoms with van der Waals surface area (Å²) in [4.78, 5) is 25.9. The number of nitrogens with zero attached hydrogens (tertiary/aromatic N) is 1. The Hall–Kier alpha value is -2.82. The van der Waals surface area contributed by atoms with Crippen molar-refractivity contribution in [3.63, 3.8) is 0 Å². The van der Waals surface area contributed by atoms with Crippen LogP contribution in [0.4, 0.5) is 17.1 Å². The van der Waals surface area contributed by atoms with Gasteiger partial charge < -0.3 is 15.5 Å². The second kappa shape index (κ2) is 6.83. The molecule has 2 amide bonds. The van der Waals surface area contributed by atoms with E-state index in [1.165, 1.54) is 31.9 Å². The fraction of sp³-hybridized carbons (Fsp3) is 0.333. The largest absolute Gasteiger partial charge is 0.368 e. The zero-order valence-electron chi connectivity index (χ0n) is 14.9. The Morgan fingerprint density at radius 2 is 1.58 bits per heavy atom. The lowest BCUT2D eigenvalue weighted by Crippen LogP contribution is -2.31. The number of benzene rings is 2. The van der Waals surface area contributed by atoms with Crippen LogP contribution < -0.4 is 15.5 Å². The highest BCUT2D eigenvalue weighted by atomic mass is 16.2. The van der Waals surface area contributed by atoms with E-state index in [1.54, 1.807) is 24.3 Å². The minimum absolute atomic E-state index is 0.131. The summed E-state index contributed by atoms with van der Waals surface area (Å²) in [5, 5.41) is 5.62. The highest BCUT2D eigenvalue weighted by Crippen LogP contribution is 2.40. The Morgan fingerprint density at radius 1 is 0.923 bits per heavy atom. The molecule has 0 spiro atoms. The highest BCUT2D eigenvalue weighted by molar-refractivity contribution is 6.04. The second-order valence-corrected chi connectivity index (χ2v) is 7.24. The number of hydrogen-bond acceptors (Lipinski definition) is 3. The molecule has 2 bridgehead atoms. The van der Waals surface area contributed by atoms with E-state index < -0.39 is 0 Å². The third-order valence-corrected chi connectivity index (χ3v) is 5.33. The summed E-state index contributed by atoms with van der Waals surface area (Å²) in [6, 6.07) is 15.7. The van der Waals surface area contributed by atoms with Crippen LogP contribution in [0.1, 0.15) is 36.5 Å². The van der Waals surface area contributed by atoms with E-state index in [0.717, 1.165) is 18.2 Å². The van der Waals surface area contributed by atoms with Crippen molar-refractivity contribution in [1.29, 1.82) is 0 Å². The molecule has 2 aliphatic rings. The molecule has 1 heterocycles. The number of piperidine rings is 1. The molecule has 2 fully saturated rings. The smallest absolute Gasteiger partial charge is 0.255 e. The van der Waals surface area contributed by atoms with Crippen molar-refractivity contribution < 1.29 is 9.59 Å². The number of nitrogens with one attached hydrogen (secondary N) is 2. The molecule has 1 saturated carbocycles. The van der Waals surface area contributed by atoms with E-state index in [-0.39, 0.29) is 11.8 Å². The minimum atomic E-state index is -0.160. The minimum Gasteiger partial charge on any atom is -0.368 e. The van der Waals surface area contributed by atoms with Gasteiger partial charge in [0.1, 0.15) is 0 Å². The van der Waals surface area contributed by atoms with Crippen LogP contribution in [0, 0.1) is 5.92 Å². The van der Waals surface area contributed by atoms with Gasteiger partial charge in [-0.05, 0) is 73.7 Å². The average Bonchev–Trinajstić information content (AvgIpc) is 3.26. The molecule has 1 saturated heterocycles. The predicted octanol–water partition coefficient (Wildman–Crippen LogP) is 3.89. The SMILES string of the molecule is CC(=O)Nc1ccc(C(=O)Nc2ccc(N3CC4CCC3C4)cc2)cc1. The summed E-state index contributed by atoms with van der Waals surface area (Å²) in [5.74, 6) is 0.570. The van der Waals surface area contributed by atoms with Crippen molar-refractivity contribution in [3.05, 3.63) is 54.1 Å². The van der Waals surface area contributed by atoms with Gasteiger partial charge in [-0.3, -0.25) is 9.59 Å². The average molecular weight is 349 g/mol. The molecule has 1 aliphatic carbocycles. The standard InChI is InChI=1S/C21H23N3O2/c1-14(25)22-17-5-3-16(4-6-17)21(26)23-18-7-10-19(11-8-18)24-13-15-2-9-20(24)12-15/h3-8,10-11,15,20H,2,9,12-13H2,1H3,(H,22,25)(H,23,26). The van der Waals surface area contributed by atoms with E-state index in [9.17, 15) is 9.59 Å². The second-order valence-electron chi connectivity index (χ2n) is 7.24. The van der Waals surface area contributed by atoms with Gasteiger partial charge in [-0.15, -0.1) is 0 Å². The van der Waals surface area contributed by atoms with Crippen LogP contribution in [0.5, 0.6) is 0 Å². The maximum absolute atomic E-state index is 12.4. The summed E-state index contributed by atoms with van der Waals surface area (Å²) >= 11 is 0. The molecule has 26 heavy (non-hydrogen) atoms. The van der Waals surface area contributed by atoms with E-state index in [0.29, 0.717) is 17.3 Å². The molecule has 2 aromatic carbocycles. The van der Waals surface area contributed by atoms with E-state index in [2.05, 4.69) is 27.7 Å². The van der Waals surface area contributed by atoms with Gasteiger partial charge >= 0.3 is 0 Å². The van der Waals surface area contributed by atoms with Gasteiger partial charge in [-0.1, -0.05) is 0 Å². The summed E-state index contributed by atoms with van der Waals surface area (Å²) in [5.41, 5.74) is 3.27. The van der Waals surface area contributed by atoms with Gasteiger partial charge in [-0.25, -0.2) is 0 Å². The Kier molecular flexibility index (Phi) is 4.37. The quantitative estimate of drug-likeness (QED) is 0.880. The van der Waals surface area contributed by atoms with Crippen molar-refractivity contribution in [3.8, 4) is 0 Å². The fourth-order valence-electron chi connectivity index (χ4n) is 4.09. The molecule has 0 radical (unpaired) electrons. The number of carbonyl (C=O) groups is 2. The van der Waals surface area contributed by atoms with Crippen LogP contribution in [0.15, 0.2) is 48.5 Å². The molecule has 2 unspecified atom stereocenters. The van der Waals surface area contributed by atoms with Crippen molar-refractivity contribution in [2.45, 2.75) is 32.2 Å². The van der Waals surface area contributed by atoms with Gasteiger partial charge in [0.2, 0.25) is 5.91 Å². The molecule has 5 heteroatoms. The lowest BCUT2D eigenvalue weighted by atomic mass is 10.1.